The lowest BCUT2D eigenvalue weighted by Gasteiger charge is -2.05. The molecule has 0 aliphatic rings. The van der Waals surface area contributed by atoms with E-state index in [1.165, 1.54) is 6.07 Å². The Kier molecular flexibility index (Phi) is 5.38. The van der Waals surface area contributed by atoms with E-state index in [0.29, 0.717) is 18.8 Å². The SMILES string of the molecule is Cc1ccc(C(=O)NCCOCCO)c(=O)[nH]1. The maximum absolute atomic E-state index is 11.6. The standard InChI is InChI=1S/C11H16N2O4/c1-8-2-3-9(11(16)13-8)10(15)12-4-6-17-7-5-14/h2-3,14H,4-7H2,1H3,(H,12,15)(H,13,16). The number of carbonyl (C=O) groups excluding carboxylic acids is 1. The number of aryl methyl sites for hydroxylation is 1. The van der Waals surface area contributed by atoms with Crippen LogP contribution in [0.5, 0.6) is 0 Å². The molecule has 6 heteroatoms. The van der Waals surface area contributed by atoms with Gasteiger partial charge in [-0.25, -0.2) is 0 Å². The lowest BCUT2D eigenvalue weighted by atomic mass is 10.2. The zero-order chi connectivity index (χ0) is 12.7. The molecule has 0 aliphatic carbocycles. The van der Waals surface area contributed by atoms with Crippen molar-refractivity contribution < 1.29 is 14.6 Å². The molecule has 1 aromatic rings. The first-order valence-corrected chi connectivity index (χ1v) is 5.32. The summed E-state index contributed by atoms with van der Waals surface area (Å²) < 4.78 is 4.97. The summed E-state index contributed by atoms with van der Waals surface area (Å²) in [6.07, 6.45) is 0. The molecule has 1 heterocycles. The average molecular weight is 240 g/mol. The third-order valence-electron chi connectivity index (χ3n) is 2.07. The number of aromatic nitrogens is 1. The molecule has 17 heavy (non-hydrogen) atoms. The second kappa shape index (κ2) is 6.82. The van der Waals surface area contributed by atoms with E-state index >= 15 is 0 Å². The second-order valence-corrected chi connectivity index (χ2v) is 3.48. The summed E-state index contributed by atoms with van der Waals surface area (Å²) in [6.45, 7) is 2.53. The number of hydrogen-bond acceptors (Lipinski definition) is 4. The summed E-state index contributed by atoms with van der Waals surface area (Å²) in [5.41, 5.74) is 0.384. The molecule has 0 aliphatic heterocycles. The van der Waals surface area contributed by atoms with Gasteiger partial charge in [-0.3, -0.25) is 9.59 Å². The van der Waals surface area contributed by atoms with Gasteiger partial charge in [-0.1, -0.05) is 0 Å². The normalized spacial score (nSPS) is 10.2. The summed E-state index contributed by atoms with van der Waals surface area (Å²) >= 11 is 0. The van der Waals surface area contributed by atoms with E-state index in [0.717, 1.165) is 0 Å². The number of hydrogen-bond donors (Lipinski definition) is 3. The minimum Gasteiger partial charge on any atom is -0.394 e. The van der Waals surface area contributed by atoms with Gasteiger partial charge in [0.1, 0.15) is 5.56 Å². The van der Waals surface area contributed by atoms with Crippen molar-refractivity contribution in [3.8, 4) is 0 Å². The average Bonchev–Trinajstić information content (AvgIpc) is 2.28. The topological polar surface area (TPSA) is 91.4 Å². The van der Waals surface area contributed by atoms with E-state index in [4.69, 9.17) is 9.84 Å². The van der Waals surface area contributed by atoms with Crippen LogP contribution in [0.4, 0.5) is 0 Å². The smallest absolute Gasteiger partial charge is 0.260 e. The Balaban J connectivity index is 2.45. The molecule has 0 atom stereocenters. The van der Waals surface area contributed by atoms with Crippen LogP contribution in [-0.4, -0.2) is 42.4 Å². The fraction of sp³-hybridized carbons (Fsp3) is 0.455. The van der Waals surface area contributed by atoms with Crippen molar-refractivity contribution in [3.63, 3.8) is 0 Å². The molecule has 0 saturated carbocycles. The van der Waals surface area contributed by atoms with Gasteiger partial charge in [-0.05, 0) is 19.1 Å². The Morgan fingerprint density at radius 3 is 2.88 bits per heavy atom. The monoisotopic (exact) mass is 240 g/mol. The Morgan fingerprint density at radius 2 is 2.24 bits per heavy atom. The van der Waals surface area contributed by atoms with Crippen LogP contribution < -0.4 is 10.9 Å². The second-order valence-electron chi connectivity index (χ2n) is 3.48. The predicted octanol–water partition coefficient (Wildman–Crippen LogP) is -0.578. The fourth-order valence-electron chi connectivity index (χ4n) is 1.25. The number of aliphatic hydroxyl groups is 1. The van der Waals surface area contributed by atoms with Crippen LogP contribution in [0.25, 0.3) is 0 Å². The summed E-state index contributed by atoms with van der Waals surface area (Å²) in [4.78, 5) is 25.6. The molecule has 1 rings (SSSR count). The fourth-order valence-corrected chi connectivity index (χ4v) is 1.25. The number of H-pyrrole nitrogens is 1. The molecule has 3 N–H and O–H groups in total. The molecule has 94 valence electrons. The molecular formula is C11H16N2O4. The summed E-state index contributed by atoms with van der Waals surface area (Å²) in [5.74, 6) is -0.432. The lowest BCUT2D eigenvalue weighted by Crippen LogP contribution is -2.32. The Morgan fingerprint density at radius 1 is 1.47 bits per heavy atom. The van der Waals surface area contributed by atoms with Crippen LogP contribution >= 0.6 is 0 Å². The molecule has 0 spiro atoms. The quantitative estimate of drug-likeness (QED) is 0.580. The summed E-state index contributed by atoms with van der Waals surface area (Å²) in [7, 11) is 0. The van der Waals surface area contributed by atoms with Crippen molar-refractivity contribution >= 4 is 5.91 Å². The van der Waals surface area contributed by atoms with E-state index in [2.05, 4.69) is 10.3 Å². The third kappa shape index (κ3) is 4.38. The number of aliphatic hydroxyl groups excluding tert-OH is 1. The van der Waals surface area contributed by atoms with Crippen LogP contribution in [0.1, 0.15) is 16.1 Å². The highest BCUT2D eigenvalue weighted by molar-refractivity contribution is 5.93. The minimum absolute atomic E-state index is 0.0500. The van der Waals surface area contributed by atoms with Crippen molar-refractivity contribution in [1.82, 2.24) is 10.3 Å². The van der Waals surface area contributed by atoms with Crippen molar-refractivity contribution in [2.24, 2.45) is 0 Å². The zero-order valence-electron chi connectivity index (χ0n) is 9.66. The van der Waals surface area contributed by atoms with E-state index in [1.54, 1.807) is 13.0 Å². The maximum Gasteiger partial charge on any atom is 0.260 e. The third-order valence-corrected chi connectivity index (χ3v) is 2.07. The molecule has 0 fully saturated rings. The largest absolute Gasteiger partial charge is 0.394 e. The van der Waals surface area contributed by atoms with Gasteiger partial charge in [0.25, 0.3) is 11.5 Å². The molecule has 1 aromatic heterocycles. The van der Waals surface area contributed by atoms with Gasteiger partial charge in [0.05, 0.1) is 19.8 Å². The van der Waals surface area contributed by atoms with Gasteiger partial charge >= 0.3 is 0 Å². The molecule has 6 nitrogen and oxygen atoms in total. The van der Waals surface area contributed by atoms with Crippen LogP contribution in [0.3, 0.4) is 0 Å². The number of rotatable bonds is 6. The van der Waals surface area contributed by atoms with Gasteiger partial charge in [-0.2, -0.15) is 0 Å². The molecule has 0 unspecified atom stereocenters. The van der Waals surface area contributed by atoms with Crippen LogP contribution in [-0.2, 0) is 4.74 Å². The van der Waals surface area contributed by atoms with Crippen LogP contribution in [0.15, 0.2) is 16.9 Å². The number of aromatic amines is 1. The Bertz CT molecular complexity index is 428. The highest BCUT2D eigenvalue weighted by atomic mass is 16.5. The Hall–Kier alpha value is -1.66. The van der Waals surface area contributed by atoms with E-state index in [1.807, 2.05) is 0 Å². The molecule has 0 bridgehead atoms. The van der Waals surface area contributed by atoms with Gasteiger partial charge in [0, 0.05) is 12.2 Å². The number of pyridine rings is 1. The van der Waals surface area contributed by atoms with Crippen molar-refractivity contribution in [2.45, 2.75) is 6.92 Å². The molecule has 1 amide bonds. The highest BCUT2D eigenvalue weighted by Crippen LogP contribution is 1.93. The van der Waals surface area contributed by atoms with E-state index in [-0.39, 0.29) is 18.8 Å². The first-order valence-electron chi connectivity index (χ1n) is 5.32. The molecular weight excluding hydrogens is 224 g/mol. The first-order chi connectivity index (χ1) is 8.15. The number of carbonyl (C=O) groups is 1. The van der Waals surface area contributed by atoms with E-state index in [9.17, 15) is 9.59 Å². The van der Waals surface area contributed by atoms with Crippen molar-refractivity contribution in [1.29, 1.82) is 0 Å². The number of nitrogens with one attached hydrogen (secondary N) is 2. The zero-order valence-corrected chi connectivity index (χ0v) is 9.66. The molecule has 0 radical (unpaired) electrons. The maximum atomic E-state index is 11.6. The van der Waals surface area contributed by atoms with Crippen LogP contribution in [0, 0.1) is 6.92 Å². The van der Waals surface area contributed by atoms with Gasteiger partial charge in [0.15, 0.2) is 0 Å². The number of ether oxygens (including phenoxy) is 1. The van der Waals surface area contributed by atoms with Gasteiger partial charge < -0.3 is 20.1 Å². The van der Waals surface area contributed by atoms with Gasteiger partial charge in [0.2, 0.25) is 0 Å². The summed E-state index contributed by atoms with van der Waals surface area (Å²) in [6, 6.07) is 3.15. The Labute approximate surface area is 98.6 Å². The first kappa shape index (κ1) is 13.4. The number of amides is 1. The predicted molar refractivity (Wildman–Crippen MR) is 62.0 cm³/mol. The highest BCUT2D eigenvalue weighted by Gasteiger charge is 2.08. The van der Waals surface area contributed by atoms with E-state index < -0.39 is 11.5 Å². The molecule has 0 saturated heterocycles. The van der Waals surface area contributed by atoms with Crippen molar-refractivity contribution in [3.05, 3.63) is 33.7 Å². The lowest BCUT2D eigenvalue weighted by molar-refractivity contribution is 0.0837. The minimum atomic E-state index is -0.432. The van der Waals surface area contributed by atoms with Crippen LogP contribution in [0.2, 0.25) is 0 Å². The van der Waals surface area contributed by atoms with Crippen molar-refractivity contribution in [2.75, 3.05) is 26.4 Å². The van der Waals surface area contributed by atoms with Gasteiger partial charge in [-0.15, -0.1) is 0 Å². The summed E-state index contributed by atoms with van der Waals surface area (Å²) in [5, 5.41) is 11.0. The molecule has 0 aromatic carbocycles.